The van der Waals surface area contributed by atoms with Gasteiger partial charge in [0.15, 0.2) is 6.61 Å². The second kappa shape index (κ2) is 8.77. The number of carbonyl (C=O) groups excluding carboxylic acids is 1. The van der Waals surface area contributed by atoms with E-state index in [1.807, 2.05) is 60.4 Å². The number of hydrogen-bond donors (Lipinski definition) is 2. The van der Waals surface area contributed by atoms with Crippen LogP contribution in [0, 0.1) is 0 Å². The smallest absolute Gasteiger partial charge is 0.260 e. The molecule has 1 fully saturated rings. The first-order valence-corrected chi connectivity index (χ1v) is 9.95. The summed E-state index contributed by atoms with van der Waals surface area (Å²) in [5, 5.41) is 4.40. The van der Waals surface area contributed by atoms with Crippen molar-refractivity contribution in [3.8, 4) is 5.75 Å². The Labute approximate surface area is 169 Å². The molecule has 7 nitrogen and oxygen atoms in total. The Hall–Kier alpha value is -3.35. The molecule has 1 saturated heterocycles. The molecule has 1 aliphatic rings. The van der Waals surface area contributed by atoms with Crippen molar-refractivity contribution < 1.29 is 9.53 Å². The van der Waals surface area contributed by atoms with Crippen LogP contribution in [0.4, 0.5) is 5.95 Å². The van der Waals surface area contributed by atoms with Crippen LogP contribution in [-0.4, -0.2) is 46.2 Å². The molecule has 150 valence electrons. The number of hydrogen-bond acceptors (Lipinski definition) is 5. The van der Waals surface area contributed by atoms with Gasteiger partial charge in [-0.3, -0.25) is 4.79 Å². The molecule has 0 atom stereocenters. The Morgan fingerprint density at radius 3 is 2.66 bits per heavy atom. The van der Waals surface area contributed by atoms with E-state index in [0.717, 1.165) is 48.2 Å². The molecule has 7 heteroatoms. The third kappa shape index (κ3) is 4.74. The maximum absolute atomic E-state index is 12.2. The van der Waals surface area contributed by atoms with Gasteiger partial charge in [-0.05, 0) is 68.1 Å². The molecule has 0 unspecified atom stereocenters. The van der Waals surface area contributed by atoms with E-state index < -0.39 is 0 Å². The topological polar surface area (TPSA) is 82.6 Å². The summed E-state index contributed by atoms with van der Waals surface area (Å²) >= 11 is 0. The van der Waals surface area contributed by atoms with Crippen molar-refractivity contribution in [3.05, 3.63) is 54.1 Å². The minimum absolute atomic E-state index is 0.0570. The van der Waals surface area contributed by atoms with Crippen LogP contribution in [-0.2, 0) is 4.79 Å². The Balaban J connectivity index is 1.32. The SMILES string of the molecule is C/C(=N/Nc1nc2ccccc2[nH]1)c1ccc(OCC(=O)N2CCCCC2)cc1. The van der Waals surface area contributed by atoms with Crippen molar-refractivity contribution in [2.24, 2.45) is 5.10 Å². The molecular weight excluding hydrogens is 366 g/mol. The summed E-state index contributed by atoms with van der Waals surface area (Å²) in [4.78, 5) is 21.7. The maximum Gasteiger partial charge on any atom is 0.260 e. The molecule has 29 heavy (non-hydrogen) atoms. The van der Waals surface area contributed by atoms with Crippen LogP contribution in [0.3, 0.4) is 0 Å². The highest BCUT2D eigenvalue weighted by Gasteiger charge is 2.16. The minimum atomic E-state index is 0.0570. The highest BCUT2D eigenvalue weighted by atomic mass is 16.5. The minimum Gasteiger partial charge on any atom is -0.484 e. The molecule has 1 aliphatic heterocycles. The van der Waals surface area contributed by atoms with Gasteiger partial charge in [0.25, 0.3) is 5.91 Å². The summed E-state index contributed by atoms with van der Waals surface area (Å²) in [6.45, 7) is 3.69. The third-order valence-corrected chi connectivity index (χ3v) is 5.06. The fourth-order valence-electron chi connectivity index (χ4n) is 3.38. The van der Waals surface area contributed by atoms with Crippen molar-refractivity contribution in [2.75, 3.05) is 25.1 Å². The van der Waals surface area contributed by atoms with Gasteiger partial charge in [0, 0.05) is 13.1 Å². The Morgan fingerprint density at radius 1 is 1.14 bits per heavy atom. The Morgan fingerprint density at radius 2 is 1.90 bits per heavy atom. The molecule has 0 saturated carbocycles. The summed E-state index contributed by atoms with van der Waals surface area (Å²) in [5.41, 5.74) is 6.60. The third-order valence-electron chi connectivity index (χ3n) is 5.06. The molecule has 1 amide bonds. The number of benzene rings is 2. The number of nitrogens with zero attached hydrogens (tertiary/aromatic N) is 3. The standard InChI is InChI=1S/C22H25N5O2/c1-16(25-26-22-23-19-7-3-4-8-20(19)24-22)17-9-11-18(12-10-17)29-15-21(28)27-13-5-2-6-14-27/h3-4,7-12H,2,5-6,13-15H2,1H3,(H2,23,24,26)/b25-16-. The molecule has 2 aromatic carbocycles. The number of hydrazone groups is 1. The average Bonchev–Trinajstić information content (AvgIpc) is 3.20. The number of likely N-dealkylation sites (tertiary alicyclic amines) is 1. The fourth-order valence-corrected chi connectivity index (χ4v) is 3.38. The molecule has 0 spiro atoms. The number of imidazole rings is 1. The van der Waals surface area contributed by atoms with Crippen molar-refractivity contribution in [2.45, 2.75) is 26.2 Å². The summed E-state index contributed by atoms with van der Waals surface area (Å²) in [6.07, 6.45) is 3.38. The van der Waals surface area contributed by atoms with Crippen LogP contribution in [0.5, 0.6) is 5.75 Å². The van der Waals surface area contributed by atoms with Gasteiger partial charge < -0.3 is 14.6 Å². The summed E-state index contributed by atoms with van der Waals surface area (Å²) < 4.78 is 5.66. The molecule has 2 N–H and O–H groups in total. The van der Waals surface area contributed by atoms with E-state index in [0.29, 0.717) is 11.7 Å². The zero-order valence-electron chi connectivity index (χ0n) is 16.5. The van der Waals surface area contributed by atoms with Crippen molar-refractivity contribution in [3.63, 3.8) is 0 Å². The van der Waals surface area contributed by atoms with E-state index in [1.54, 1.807) is 0 Å². The van der Waals surface area contributed by atoms with Crippen molar-refractivity contribution >= 4 is 28.6 Å². The normalized spacial score (nSPS) is 14.8. The number of piperidine rings is 1. The number of aromatic amines is 1. The van der Waals surface area contributed by atoms with E-state index in [-0.39, 0.29) is 12.5 Å². The van der Waals surface area contributed by atoms with Crippen molar-refractivity contribution in [1.82, 2.24) is 14.9 Å². The zero-order valence-corrected chi connectivity index (χ0v) is 16.5. The van der Waals surface area contributed by atoms with Crippen LogP contribution in [0.2, 0.25) is 0 Å². The van der Waals surface area contributed by atoms with Gasteiger partial charge in [-0.1, -0.05) is 12.1 Å². The first-order chi connectivity index (χ1) is 14.2. The zero-order chi connectivity index (χ0) is 20.1. The van der Waals surface area contributed by atoms with Gasteiger partial charge in [-0.2, -0.15) is 5.10 Å². The Bertz CT molecular complexity index is 970. The predicted octanol–water partition coefficient (Wildman–Crippen LogP) is 3.79. The van der Waals surface area contributed by atoms with Gasteiger partial charge in [-0.15, -0.1) is 0 Å². The molecular formula is C22H25N5O2. The summed E-state index contributed by atoms with van der Waals surface area (Å²) in [5.74, 6) is 1.33. The number of ether oxygens (including phenoxy) is 1. The largest absolute Gasteiger partial charge is 0.484 e. The average molecular weight is 391 g/mol. The molecule has 3 aromatic rings. The quantitative estimate of drug-likeness (QED) is 0.495. The second-order valence-electron chi connectivity index (χ2n) is 7.17. The van der Waals surface area contributed by atoms with Gasteiger partial charge in [0.05, 0.1) is 16.7 Å². The first kappa shape index (κ1) is 19.0. The Kier molecular flexibility index (Phi) is 5.74. The van der Waals surface area contributed by atoms with Crippen LogP contribution in [0.1, 0.15) is 31.7 Å². The van der Waals surface area contributed by atoms with Crippen molar-refractivity contribution in [1.29, 1.82) is 0 Å². The molecule has 0 aliphatic carbocycles. The van der Waals surface area contributed by atoms with E-state index in [9.17, 15) is 4.79 Å². The summed E-state index contributed by atoms with van der Waals surface area (Å²) in [6, 6.07) is 15.4. The first-order valence-electron chi connectivity index (χ1n) is 9.95. The van der Waals surface area contributed by atoms with Gasteiger partial charge in [0.1, 0.15) is 5.75 Å². The molecule has 0 radical (unpaired) electrons. The number of H-pyrrole nitrogens is 1. The van der Waals surface area contributed by atoms with Gasteiger partial charge >= 0.3 is 0 Å². The number of amides is 1. The van der Waals surface area contributed by atoms with Crippen LogP contribution < -0.4 is 10.2 Å². The van der Waals surface area contributed by atoms with Gasteiger partial charge in [-0.25, -0.2) is 10.4 Å². The highest BCUT2D eigenvalue weighted by molar-refractivity contribution is 5.99. The molecule has 1 aromatic heterocycles. The highest BCUT2D eigenvalue weighted by Crippen LogP contribution is 2.16. The lowest BCUT2D eigenvalue weighted by atomic mass is 10.1. The van der Waals surface area contributed by atoms with E-state index in [1.165, 1.54) is 6.42 Å². The lowest BCUT2D eigenvalue weighted by molar-refractivity contribution is -0.134. The van der Waals surface area contributed by atoms with Crippen LogP contribution >= 0.6 is 0 Å². The van der Waals surface area contributed by atoms with E-state index in [2.05, 4.69) is 20.5 Å². The van der Waals surface area contributed by atoms with Crippen LogP contribution in [0.25, 0.3) is 11.0 Å². The maximum atomic E-state index is 12.2. The molecule has 0 bridgehead atoms. The lowest BCUT2D eigenvalue weighted by Gasteiger charge is -2.26. The molecule has 2 heterocycles. The fraction of sp³-hybridized carbons (Fsp3) is 0.318. The number of anilines is 1. The van der Waals surface area contributed by atoms with Gasteiger partial charge in [0.2, 0.25) is 5.95 Å². The van der Waals surface area contributed by atoms with E-state index in [4.69, 9.17) is 4.74 Å². The second-order valence-corrected chi connectivity index (χ2v) is 7.17. The number of aromatic nitrogens is 2. The lowest BCUT2D eigenvalue weighted by Crippen LogP contribution is -2.38. The number of nitrogens with one attached hydrogen (secondary N) is 2. The predicted molar refractivity (Wildman–Crippen MR) is 114 cm³/mol. The monoisotopic (exact) mass is 391 g/mol. The van der Waals surface area contributed by atoms with Crippen LogP contribution in [0.15, 0.2) is 53.6 Å². The summed E-state index contributed by atoms with van der Waals surface area (Å²) in [7, 11) is 0. The number of fused-ring (bicyclic) bond motifs is 1. The van der Waals surface area contributed by atoms with E-state index >= 15 is 0 Å². The molecule has 4 rings (SSSR count). The number of carbonyl (C=O) groups is 1. The number of rotatable bonds is 6. The number of para-hydroxylation sites is 2.